The average molecular weight is 174 g/mol. The molecule has 1 nitrogen and oxygen atoms in total. The monoisotopic (exact) mass is 174 g/mol. The van der Waals surface area contributed by atoms with Crippen LogP contribution in [0.15, 0.2) is 0 Å². The SMILES string of the molecule is CC(C)CO.CCCCCCC. The van der Waals surface area contributed by atoms with E-state index in [4.69, 9.17) is 5.11 Å². The average Bonchev–Trinajstić information content (AvgIpc) is 2.07. The van der Waals surface area contributed by atoms with E-state index in [1.54, 1.807) is 0 Å². The van der Waals surface area contributed by atoms with Gasteiger partial charge in [-0.05, 0) is 5.92 Å². The molecule has 0 spiro atoms. The van der Waals surface area contributed by atoms with Gasteiger partial charge in [-0.3, -0.25) is 0 Å². The first-order valence-corrected chi connectivity index (χ1v) is 5.29. The quantitative estimate of drug-likeness (QED) is 0.631. The molecule has 0 aliphatic rings. The first-order valence-electron chi connectivity index (χ1n) is 5.29. The van der Waals surface area contributed by atoms with Crippen molar-refractivity contribution >= 4 is 0 Å². The largest absolute Gasteiger partial charge is 0.396 e. The third-order valence-electron chi connectivity index (χ3n) is 1.57. The molecule has 0 aromatic rings. The van der Waals surface area contributed by atoms with E-state index in [-0.39, 0.29) is 0 Å². The Morgan fingerprint density at radius 1 is 0.917 bits per heavy atom. The van der Waals surface area contributed by atoms with Gasteiger partial charge in [0.25, 0.3) is 0 Å². The fourth-order valence-corrected chi connectivity index (χ4v) is 0.677. The highest BCUT2D eigenvalue weighted by Gasteiger charge is 1.81. The van der Waals surface area contributed by atoms with E-state index in [0.717, 1.165) is 0 Å². The van der Waals surface area contributed by atoms with E-state index in [9.17, 15) is 0 Å². The smallest absolute Gasteiger partial charge is 0.0453 e. The zero-order valence-corrected chi connectivity index (χ0v) is 9.27. The van der Waals surface area contributed by atoms with Gasteiger partial charge in [0, 0.05) is 6.61 Å². The standard InChI is InChI=1S/C7H16.C4H10O/c1-3-5-7-6-4-2;1-4(2)3-5/h3-7H2,1-2H3;4-5H,3H2,1-2H3. The lowest BCUT2D eigenvalue weighted by Gasteiger charge is -1.90. The van der Waals surface area contributed by atoms with Gasteiger partial charge in [0.2, 0.25) is 0 Å². The van der Waals surface area contributed by atoms with Gasteiger partial charge in [-0.2, -0.15) is 0 Å². The van der Waals surface area contributed by atoms with Gasteiger partial charge in [-0.1, -0.05) is 59.8 Å². The summed E-state index contributed by atoms with van der Waals surface area (Å²) >= 11 is 0. The molecule has 0 aliphatic heterocycles. The molecule has 0 aliphatic carbocycles. The molecule has 0 fully saturated rings. The Balaban J connectivity index is 0. The highest BCUT2D eigenvalue weighted by atomic mass is 16.3. The molecule has 1 N–H and O–H groups in total. The molecule has 0 atom stereocenters. The fourth-order valence-electron chi connectivity index (χ4n) is 0.677. The Morgan fingerprint density at radius 3 is 1.42 bits per heavy atom. The van der Waals surface area contributed by atoms with E-state index < -0.39 is 0 Å². The van der Waals surface area contributed by atoms with Crippen LogP contribution in [0.2, 0.25) is 0 Å². The summed E-state index contributed by atoms with van der Waals surface area (Å²) in [5, 5.41) is 8.14. The third kappa shape index (κ3) is 22.5. The van der Waals surface area contributed by atoms with Gasteiger partial charge >= 0.3 is 0 Å². The number of unbranched alkanes of at least 4 members (excludes halogenated alkanes) is 4. The molecule has 76 valence electrons. The van der Waals surface area contributed by atoms with Gasteiger partial charge in [0.15, 0.2) is 0 Å². The van der Waals surface area contributed by atoms with Gasteiger partial charge < -0.3 is 5.11 Å². The molecule has 0 rings (SSSR count). The maximum atomic E-state index is 8.14. The molecule has 12 heavy (non-hydrogen) atoms. The minimum Gasteiger partial charge on any atom is -0.396 e. The zero-order chi connectivity index (χ0) is 9.82. The van der Waals surface area contributed by atoms with Crippen molar-refractivity contribution in [3.63, 3.8) is 0 Å². The van der Waals surface area contributed by atoms with E-state index in [0.29, 0.717) is 12.5 Å². The number of hydrogen-bond donors (Lipinski definition) is 1. The van der Waals surface area contributed by atoms with E-state index in [2.05, 4.69) is 13.8 Å². The third-order valence-corrected chi connectivity index (χ3v) is 1.57. The van der Waals surface area contributed by atoms with Crippen LogP contribution in [-0.4, -0.2) is 11.7 Å². The van der Waals surface area contributed by atoms with Crippen molar-refractivity contribution in [3.05, 3.63) is 0 Å². The molecular weight excluding hydrogens is 148 g/mol. The summed E-state index contributed by atoms with van der Waals surface area (Å²) in [5.74, 6) is 0.440. The molecule has 0 heterocycles. The van der Waals surface area contributed by atoms with E-state index in [1.807, 2.05) is 13.8 Å². The number of aliphatic hydroxyl groups excluding tert-OH is 1. The fraction of sp³-hybridized carbons (Fsp3) is 1.00. The first-order chi connectivity index (χ1) is 5.68. The van der Waals surface area contributed by atoms with Crippen LogP contribution < -0.4 is 0 Å². The second-order valence-electron chi connectivity index (χ2n) is 3.64. The van der Waals surface area contributed by atoms with Crippen LogP contribution in [0.5, 0.6) is 0 Å². The Bertz CT molecular complexity index is 56.0. The number of rotatable bonds is 5. The Hall–Kier alpha value is -0.0400. The summed E-state index contributed by atoms with van der Waals surface area (Å²) < 4.78 is 0. The molecule has 1 heteroatoms. The van der Waals surface area contributed by atoms with Gasteiger partial charge in [-0.25, -0.2) is 0 Å². The number of hydrogen-bond acceptors (Lipinski definition) is 1. The molecule has 0 saturated carbocycles. The van der Waals surface area contributed by atoms with Gasteiger partial charge in [-0.15, -0.1) is 0 Å². The van der Waals surface area contributed by atoms with Gasteiger partial charge in [0.1, 0.15) is 0 Å². The van der Waals surface area contributed by atoms with Crippen molar-refractivity contribution in [2.45, 2.75) is 59.8 Å². The minimum atomic E-state index is 0.306. The zero-order valence-electron chi connectivity index (χ0n) is 9.27. The van der Waals surface area contributed by atoms with Crippen LogP contribution in [0.4, 0.5) is 0 Å². The molecule has 0 aromatic heterocycles. The van der Waals surface area contributed by atoms with Crippen molar-refractivity contribution < 1.29 is 5.11 Å². The molecule has 0 aromatic carbocycles. The van der Waals surface area contributed by atoms with Crippen LogP contribution >= 0.6 is 0 Å². The molecule has 0 bridgehead atoms. The number of aliphatic hydroxyl groups is 1. The van der Waals surface area contributed by atoms with Crippen LogP contribution in [0, 0.1) is 5.92 Å². The van der Waals surface area contributed by atoms with Crippen LogP contribution in [-0.2, 0) is 0 Å². The van der Waals surface area contributed by atoms with Crippen molar-refractivity contribution in [1.29, 1.82) is 0 Å². The second-order valence-corrected chi connectivity index (χ2v) is 3.64. The van der Waals surface area contributed by atoms with Crippen molar-refractivity contribution in [3.8, 4) is 0 Å². The Labute approximate surface area is 78.2 Å². The predicted molar refractivity (Wildman–Crippen MR) is 56.4 cm³/mol. The van der Waals surface area contributed by atoms with E-state index in [1.165, 1.54) is 32.1 Å². The van der Waals surface area contributed by atoms with Gasteiger partial charge in [0.05, 0.1) is 0 Å². The second kappa shape index (κ2) is 13.5. The highest BCUT2D eigenvalue weighted by molar-refractivity contribution is 4.35. The van der Waals surface area contributed by atoms with Crippen LogP contribution in [0.25, 0.3) is 0 Å². The minimum absolute atomic E-state index is 0.306. The molecular formula is C11H26O. The predicted octanol–water partition coefficient (Wildman–Crippen LogP) is 3.61. The maximum absolute atomic E-state index is 8.14. The first kappa shape index (κ1) is 14.5. The lowest BCUT2D eigenvalue weighted by molar-refractivity contribution is 0.248. The summed E-state index contributed by atoms with van der Waals surface area (Å²) in [6, 6.07) is 0. The normalized spacial score (nSPS) is 9.50. The maximum Gasteiger partial charge on any atom is 0.0453 e. The van der Waals surface area contributed by atoms with Crippen LogP contribution in [0.3, 0.4) is 0 Å². The highest BCUT2D eigenvalue weighted by Crippen LogP contribution is 2.00. The lowest BCUT2D eigenvalue weighted by atomic mass is 10.2. The topological polar surface area (TPSA) is 20.2 Å². The van der Waals surface area contributed by atoms with Crippen molar-refractivity contribution in [2.75, 3.05) is 6.61 Å². The molecule has 0 unspecified atom stereocenters. The summed E-state index contributed by atoms with van der Waals surface area (Å²) in [5.41, 5.74) is 0. The van der Waals surface area contributed by atoms with Crippen molar-refractivity contribution in [1.82, 2.24) is 0 Å². The molecule has 0 radical (unpaired) electrons. The molecule has 0 saturated heterocycles. The Morgan fingerprint density at radius 2 is 1.25 bits per heavy atom. The lowest BCUT2D eigenvalue weighted by Crippen LogP contribution is -1.90. The summed E-state index contributed by atoms with van der Waals surface area (Å²) in [6.45, 7) is 8.74. The molecule has 0 amide bonds. The van der Waals surface area contributed by atoms with Crippen LogP contribution in [0.1, 0.15) is 59.8 Å². The summed E-state index contributed by atoms with van der Waals surface area (Å²) in [7, 11) is 0. The summed E-state index contributed by atoms with van der Waals surface area (Å²) in [4.78, 5) is 0. The Kier molecular flexibility index (Phi) is 16.3. The summed E-state index contributed by atoms with van der Waals surface area (Å²) in [6.07, 6.45) is 7.01. The van der Waals surface area contributed by atoms with E-state index >= 15 is 0 Å². The van der Waals surface area contributed by atoms with Crippen molar-refractivity contribution in [2.24, 2.45) is 5.92 Å².